The van der Waals surface area contributed by atoms with E-state index in [4.69, 9.17) is 17.3 Å². The number of carbonyl (C=O) groups is 1. The summed E-state index contributed by atoms with van der Waals surface area (Å²) in [5.74, 6) is 0.383. The molecular formula is C15H17ClN4O. The van der Waals surface area contributed by atoms with E-state index in [0.29, 0.717) is 11.7 Å². The summed E-state index contributed by atoms with van der Waals surface area (Å²) in [6.45, 7) is 2.85. The third-order valence-electron chi connectivity index (χ3n) is 3.28. The molecule has 2 aromatic rings. The molecule has 1 aromatic heterocycles. The first-order valence-corrected chi connectivity index (χ1v) is 7.10. The third-order valence-corrected chi connectivity index (χ3v) is 3.53. The number of nitrogens with two attached hydrogens (primary N) is 1. The van der Waals surface area contributed by atoms with E-state index in [1.807, 2.05) is 24.3 Å². The number of nitrogens with zero attached hydrogens (tertiary/aromatic N) is 2. The van der Waals surface area contributed by atoms with Gasteiger partial charge in [-0.3, -0.25) is 4.79 Å². The fourth-order valence-electron chi connectivity index (χ4n) is 2.02. The Morgan fingerprint density at radius 3 is 2.48 bits per heavy atom. The first-order chi connectivity index (χ1) is 10.1. The number of nitrogens with one attached hydrogen (secondary N) is 1. The molecule has 5 nitrogen and oxygen atoms in total. The van der Waals surface area contributed by atoms with Gasteiger partial charge in [-0.2, -0.15) is 0 Å². The van der Waals surface area contributed by atoms with Gasteiger partial charge in [0.15, 0.2) is 5.69 Å². The summed E-state index contributed by atoms with van der Waals surface area (Å²) in [7, 11) is 0. The van der Waals surface area contributed by atoms with E-state index in [2.05, 4.69) is 22.4 Å². The molecule has 0 aliphatic heterocycles. The van der Waals surface area contributed by atoms with Crippen LogP contribution in [-0.4, -0.2) is 22.6 Å². The molecule has 0 radical (unpaired) electrons. The lowest BCUT2D eigenvalue weighted by Gasteiger charge is -2.16. The van der Waals surface area contributed by atoms with Crippen LogP contribution >= 0.6 is 11.6 Å². The molecule has 1 amide bonds. The van der Waals surface area contributed by atoms with Crippen molar-refractivity contribution < 1.29 is 4.79 Å². The Bertz CT molecular complexity index is 598. The lowest BCUT2D eigenvalue weighted by molar-refractivity contribution is 0.0994. The van der Waals surface area contributed by atoms with E-state index < -0.39 is 5.91 Å². The molecular weight excluding hydrogens is 288 g/mol. The number of halogens is 1. The van der Waals surface area contributed by atoms with Crippen molar-refractivity contribution in [2.24, 2.45) is 5.73 Å². The Balaban J connectivity index is 1.99. The van der Waals surface area contributed by atoms with Gasteiger partial charge in [-0.1, -0.05) is 30.7 Å². The van der Waals surface area contributed by atoms with Crippen molar-refractivity contribution in [2.75, 3.05) is 11.9 Å². The van der Waals surface area contributed by atoms with Gasteiger partial charge in [-0.05, 0) is 36.2 Å². The predicted octanol–water partition coefficient (Wildman–Crippen LogP) is 2.83. The molecule has 0 saturated heterocycles. The van der Waals surface area contributed by atoms with E-state index >= 15 is 0 Å². The first-order valence-electron chi connectivity index (χ1n) is 6.73. The number of anilines is 1. The second-order valence-corrected chi connectivity index (χ2v) is 5.14. The van der Waals surface area contributed by atoms with Gasteiger partial charge < -0.3 is 11.1 Å². The minimum absolute atomic E-state index is 0.158. The summed E-state index contributed by atoms with van der Waals surface area (Å²) in [5.41, 5.74) is 6.50. The number of primary amides is 1. The molecule has 1 unspecified atom stereocenters. The molecule has 110 valence electrons. The van der Waals surface area contributed by atoms with Crippen molar-refractivity contribution in [3.63, 3.8) is 0 Å². The third kappa shape index (κ3) is 4.16. The Morgan fingerprint density at radius 2 is 1.95 bits per heavy atom. The summed E-state index contributed by atoms with van der Waals surface area (Å²) in [6.07, 6.45) is 0.988. The Labute approximate surface area is 128 Å². The Morgan fingerprint density at radius 1 is 1.24 bits per heavy atom. The number of amides is 1. The molecule has 0 bridgehead atoms. The van der Waals surface area contributed by atoms with Crippen molar-refractivity contribution in [1.82, 2.24) is 10.2 Å². The van der Waals surface area contributed by atoms with Gasteiger partial charge in [0.25, 0.3) is 5.91 Å². The number of aromatic nitrogens is 2. The van der Waals surface area contributed by atoms with Crippen LogP contribution in [0.25, 0.3) is 0 Å². The minimum atomic E-state index is -0.582. The van der Waals surface area contributed by atoms with Crippen LogP contribution in [0.1, 0.15) is 35.3 Å². The standard InChI is InChI=1S/C15H17ClN4O/c1-2-10(11-3-5-12(16)6-4-11)9-18-14-8-7-13(15(17)21)19-20-14/h3-8,10H,2,9H2,1H3,(H2,17,21)(H,18,20). The van der Waals surface area contributed by atoms with Gasteiger partial charge >= 0.3 is 0 Å². The topological polar surface area (TPSA) is 80.9 Å². The van der Waals surface area contributed by atoms with Crippen LogP contribution in [0.15, 0.2) is 36.4 Å². The van der Waals surface area contributed by atoms with Crippen molar-refractivity contribution in [1.29, 1.82) is 0 Å². The van der Waals surface area contributed by atoms with Crippen molar-refractivity contribution in [2.45, 2.75) is 19.3 Å². The fraction of sp³-hybridized carbons (Fsp3) is 0.267. The molecule has 1 heterocycles. The summed E-state index contributed by atoms with van der Waals surface area (Å²) in [4.78, 5) is 10.9. The van der Waals surface area contributed by atoms with Crippen LogP contribution in [0.2, 0.25) is 5.02 Å². The van der Waals surface area contributed by atoms with E-state index in [0.717, 1.165) is 18.0 Å². The van der Waals surface area contributed by atoms with Crippen molar-refractivity contribution >= 4 is 23.3 Å². The van der Waals surface area contributed by atoms with E-state index in [-0.39, 0.29) is 5.69 Å². The second-order valence-electron chi connectivity index (χ2n) is 4.71. The molecule has 6 heteroatoms. The molecule has 2 rings (SSSR count). The summed E-state index contributed by atoms with van der Waals surface area (Å²) >= 11 is 5.90. The predicted molar refractivity (Wildman–Crippen MR) is 83.5 cm³/mol. The molecule has 0 saturated carbocycles. The van der Waals surface area contributed by atoms with Gasteiger partial charge in [0.2, 0.25) is 0 Å². The van der Waals surface area contributed by atoms with Crippen molar-refractivity contribution in [3.05, 3.63) is 52.7 Å². The summed E-state index contributed by atoms with van der Waals surface area (Å²) < 4.78 is 0. The fourth-order valence-corrected chi connectivity index (χ4v) is 2.14. The van der Waals surface area contributed by atoms with Crippen LogP contribution in [-0.2, 0) is 0 Å². The summed E-state index contributed by atoms with van der Waals surface area (Å²) in [5, 5.41) is 11.6. The first kappa shape index (κ1) is 15.3. The minimum Gasteiger partial charge on any atom is -0.368 e. The van der Waals surface area contributed by atoms with Crippen LogP contribution in [0, 0.1) is 0 Å². The molecule has 0 aliphatic carbocycles. The zero-order valence-corrected chi connectivity index (χ0v) is 12.5. The molecule has 3 N–H and O–H groups in total. The second kappa shape index (κ2) is 7.04. The van der Waals surface area contributed by atoms with E-state index in [1.165, 1.54) is 5.56 Å². The highest BCUT2D eigenvalue weighted by atomic mass is 35.5. The maximum absolute atomic E-state index is 10.9. The number of hydrogen-bond acceptors (Lipinski definition) is 4. The van der Waals surface area contributed by atoms with Gasteiger partial charge in [0.1, 0.15) is 5.82 Å². The summed E-state index contributed by atoms with van der Waals surface area (Å²) in [6, 6.07) is 11.1. The Kier molecular flexibility index (Phi) is 5.11. The average molecular weight is 305 g/mol. The normalized spacial score (nSPS) is 11.9. The lowest BCUT2D eigenvalue weighted by atomic mass is 9.96. The molecule has 1 atom stereocenters. The zero-order valence-electron chi connectivity index (χ0n) is 11.7. The SMILES string of the molecule is CCC(CNc1ccc(C(N)=O)nn1)c1ccc(Cl)cc1. The highest BCUT2D eigenvalue weighted by Crippen LogP contribution is 2.21. The van der Waals surface area contributed by atoms with Crippen LogP contribution in [0.5, 0.6) is 0 Å². The lowest BCUT2D eigenvalue weighted by Crippen LogP contribution is -2.16. The molecule has 1 aromatic carbocycles. The van der Waals surface area contributed by atoms with E-state index in [1.54, 1.807) is 12.1 Å². The number of rotatable bonds is 6. The van der Waals surface area contributed by atoms with E-state index in [9.17, 15) is 4.79 Å². The highest BCUT2D eigenvalue weighted by molar-refractivity contribution is 6.30. The average Bonchev–Trinajstić information content (AvgIpc) is 2.50. The smallest absolute Gasteiger partial charge is 0.269 e. The zero-order chi connectivity index (χ0) is 15.2. The van der Waals surface area contributed by atoms with Gasteiger partial charge in [0.05, 0.1) is 0 Å². The van der Waals surface area contributed by atoms with Crippen LogP contribution in [0.3, 0.4) is 0 Å². The maximum atomic E-state index is 10.9. The number of carbonyl (C=O) groups excluding carboxylic acids is 1. The van der Waals surface area contributed by atoms with Gasteiger partial charge in [-0.15, -0.1) is 10.2 Å². The molecule has 0 spiro atoms. The van der Waals surface area contributed by atoms with Crippen LogP contribution in [0.4, 0.5) is 5.82 Å². The number of hydrogen-bond donors (Lipinski definition) is 2. The largest absolute Gasteiger partial charge is 0.368 e. The van der Waals surface area contributed by atoms with Crippen molar-refractivity contribution in [3.8, 4) is 0 Å². The van der Waals surface area contributed by atoms with Crippen LogP contribution < -0.4 is 11.1 Å². The van der Waals surface area contributed by atoms with Gasteiger partial charge in [-0.25, -0.2) is 0 Å². The monoisotopic (exact) mass is 304 g/mol. The molecule has 0 aliphatic rings. The van der Waals surface area contributed by atoms with Gasteiger partial charge in [0, 0.05) is 17.5 Å². The highest BCUT2D eigenvalue weighted by Gasteiger charge is 2.10. The molecule has 21 heavy (non-hydrogen) atoms. The molecule has 0 fully saturated rings. The quantitative estimate of drug-likeness (QED) is 0.860. The maximum Gasteiger partial charge on any atom is 0.269 e. The number of benzene rings is 1. The Hall–Kier alpha value is -2.14.